The molecule has 0 bridgehead atoms. The van der Waals surface area contributed by atoms with Crippen LogP contribution in [0.2, 0.25) is 5.02 Å². The third-order valence-corrected chi connectivity index (χ3v) is 5.63. The first kappa shape index (κ1) is 21.7. The van der Waals surface area contributed by atoms with E-state index in [4.69, 9.17) is 21.1 Å². The van der Waals surface area contributed by atoms with Crippen molar-refractivity contribution in [3.63, 3.8) is 0 Å². The van der Waals surface area contributed by atoms with Gasteiger partial charge in [-0.2, -0.15) is 5.10 Å². The Labute approximate surface area is 185 Å². The maximum Gasteiger partial charge on any atom is 0.165 e. The van der Waals surface area contributed by atoms with Crippen LogP contribution in [-0.2, 0) is 24.8 Å². The third-order valence-electron chi connectivity index (χ3n) is 5.32. The zero-order valence-corrected chi connectivity index (χ0v) is 18.0. The monoisotopic (exact) mass is 447 g/mol. The number of para-hydroxylation sites is 1. The van der Waals surface area contributed by atoms with Gasteiger partial charge in [0.15, 0.2) is 11.6 Å². The molecule has 8 heteroatoms. The molecule has 1 saturated heterocycles. The van der Waals surface area contributed by atoms with E-state index in [9.17, 15) is 8.78 Å². The molecule has 31 heavy (non-hydrogen) atoms. The molecule has 0 aliphatic carbocycles. The summed E-state index contributed by atoms with van der Waals surface area (Å²) in [7, 11) is 1.87. The minimum atomic E-state index is -0.407. The van der Waals surface area contributed by atoms with E-state index < -0.39 is 5.82 Å². The summed E-state index contributed by atoms with van der Waals surface area (Å²) in [6.07, 6.45) is 0.427. The molecule has 1 fully saturated rings. The molecule has 0 radical (unpaired) electrons. The normalized spacial score (nSPS) is 17.1. The van der Waals surface area contributed by atoms with Crippen molar-refractivity contribution in [1.29, 1.82) is 0 Å². The maximum absolute atomic E-state index is 13.7. The summed E-state index contributed by atoms with van der Waals surface area (Å²) in [5.41, 5.74) is 2.69. The van der Waals surface area contributed by atoms with E-state index in [2.05, 4.69) is 10.00 Å². The van der Waals surface area contributed by atoms with Crippen molar-refractivity contribution in [1.82, 2.24) is 14.7 Å². The molecule has 2 aromatic carbocycles. The molecule has 0 spiro atoms. The first-order valence-electron chi connectivity index (χ1n) is 10.2. The Kier molecular flexibility index (Phi) is 6.85. The van der Waals surface area contributed by atoms with Gasteiger partial charge >= 0.3 is 0 Å². The first-order valence-corrected chi connectivity index (χ1v) is 10.6. The average Bonchev–Trinajstić information content (AvgIpc) is 3.13. The third kappa shape index (κ3) is 5.42. The largest absolute Gasteiger partial charge is 0.490 e. The second-order valence-corrected chi connectivity index (χ2v) is 7.96. The second kappa shape index (κ2) is 9.77. The Balaban J connectivity index is 1.35. The number of halogens is 3. The van der Waals surface area contributed by atoms with Crippen LogP contribution in [-0.4, -0.2) is 41.0 Å². The predicted octanol–water partition coefficient (Wildman–Crippen LogP) is 4.55. The predicted molar refractivity (Wildman–Crippen MR) is 114 cm³/mol. The highest BCUT2D eigenvalue weighted by atomic mass is 35.5. The molecule has 1 atom stereocenters. The number of hydrogen-bond donors (Lipinski definition) is 0. The number of hydrogen-bond acceptors (Lipinski definition) is 4. The van der Waals surface area contributed by atoms with Crippen molar-refractivity contribution in [3.8, 4) is 5.75 Å². The van der Waals surface area contributed by atoms with Gasteiger partial charge < -0.3 is 9.47 Å². The molecular weight excluding hydrogens is 424 g/mol. The van der Waals surface area contributed by atoms with Crippen LogP contribution in [0.1, 0.15) is 23.1 Å². The van der Waals surface area contributed by atoms with Gasteiger partial charge in [-0.15, -0.1) is 0 Å². The Morgan fingerprint density at radius 1 is 1.16 bits per heavy atom. The first-order chi connectivity index (χ1) is 15.0. The lowest BCUT2D eigenvalue weighted by atomic mass is 10.1. The van der Waals surface area contributed by atoms with Crippen LogP contribution < -0.4 is 4.74 Å². The van der Waals surface area contributed by atoms with Crippen LogP contribution in [0.25, 0.3) is 0 Å². The molecule has 4 rings (SSSR count). The number of rotatable bonds is 7. The van der Waals surface area contributed by atoms with Gasteiger partial charge in [-0.3, -0.25) is 9.58 Å². The molecule has 0 unspecified atom stereocenters. The summed E-state index contributed by atoms with van der Waals surface area (Å²) in [6.45, 7) is 2.95. The van der Waals surface area contributed by atoms with Crippen LogP contribution in [0.5, 0.6) is 5.75 Å². The van der Waals surface area contributed by atoms with Crippen LogP contribution >= 0.6 is 11.6 Å². The fourth-order valence-corrected chi connectivity index (χ4v) is 3.79. The minimum Gasteiger partial charge on any atom is -0.490 e. The van der Waals surface area contributed by atoms with Crippen molar-refractivity contribution in [3.05, 3.63) is 82.1 Å². The Morgan fingerprint density at radius 2 is 2.00 bits per heavy atom. The molecule has 1 aliphatic heterocycles. The van der Waals surface area contributed by atoms with E-state index in [1.165, 1.54) is 12.1 Å². The minimum absolute atomic E-state index is 0.128. The van der Waals surface area contributed by atoms with Gasteiger partial charge in [-0.1, -0.05) is 29.8 Å². The van der Waals surface area contributed by atoms with E-state index >= 15 is 0 Å². The average molecular weight is 448 g/mol. The van der Waals surface area contributed by atoms with Crippen LogP contribution in [0, 0.1) is 11.6 Å². The molecule has 3 aromatic rings. The van der Waals surface area contributed by atoms with Gasteiger partial charge in [0.05, 0.1) is 23.9 Å². The Hall–Kier alpha value is -2.48. The molecule has 1 aromatic heterocycles. The van der Waals surface area contributed by atoms with Crippen LogP contribution in [0.3, 0.4) is 0 Å². The number of aryl methyl sites for hydroxylation is 1. The van der Waals surface area contributed by atoms with Gasteiger partial charge in [0, 0.05) is 38.8 Å². The van der Waals surface area contributed by atoms with Gasteiger partial charge in [-0.05, 0) is 35.9 Å². The smallest absolute Gasteiger partial charge is 0.165 e. The second-order valence-electron chi connectivity index (χ2n) is 7.56. The number of ether oxygens (including phenoxy) is 2. The Bertz CT molecular complexity index is 1040. The van der Waals surface area contributed by atoms with E-state index in [-0.39, 0.29) is 22.7 Å². The van der Waals surface area contributed by atoms with Gasteiger partial charge in [-0.25, -0.2) is 8.78 Å². The molecule has 1 aliphatic rings. The van der Waals surface area contributed by atoms with E-state index in [1.54, 1.807) is 28.9 Å². The van der Waals surface area contributed by atoms with Crippen molar-refractivity contribution >= 4 is 11.6 Å². The standard InChI is InChI=1S/C23H24ClF2N3O2/c1-28-17(8-10-30-22-5-3-2-4-19(22)25)13-21(27-28)23-15-29(9-11-31-23)14-16-6-7-18(24)20(26)12-16/h2-7,12-13,23H,8-11,14-15H2,1H3/t23-/m1/s1. The lowest BCUT2D eigenvalue weighted by Gasteiger charge is -2.32. The maximum atomic E-state index is 13.7. The fraction of sp³-hybridized carbons (Fsp3) is 0.348. The van der Waals surface area contributed by atoms with Crippen LogP contribution in [0.15, 0.2) is 48.5 Å². The van der Waals surface area contributed by atoms with Crippen molar-refractivity contribution in [2.75, 3.05) is 26.3 Å². The fourth-order valence-electron chi connectivity index (χ4n) is 3.67. The molecular formula is C23H24ClF2N3O2. The number of benzene rings is 2. The number of nitrogens with zero attached hydrogens (tertiary/aromatic N) is 3. The topological polar surface area (TPSA) is 39.5 Å². The van der Waals surface area contributed by atoms with E-state index in [1.807, 2.05) is 19.2 Å². The van der Waals surface area contributed by atoms with Crippen molar-refractivity contribution in [2.45, 2.75) is 19.1 Å². The number of aromatic nitrogens is 2. The lowest BCUT2D eigenvalue weighted by Crippen LogP contribution is -2.38. The van der Waals surface area contributed by atoms with E-state index in [0.29, 0.717) is 32.7 Å². The van der Waals surface area contributed by atoms with E-state index in [0.717, 1.165) is 23.5 Å². The highest BCUT2D eigenvalue weighted by molar-refractivity contribution is 6.30. The quantitative estimate of drug-likeness (QED) is 0.533. The summed E-state index contributed by atoms with van der Waals surface area (Å²) in [5, 5.41) is 4.73. The summed E-state index contributed by atoms with van der Waals surface area (Å²) >= 11 is 5.78. The van der Waals surface area contributed by atoms with Gasteiger partial charge in [0.25, 0.3) is 0 Å². The summed E-state index contributed by atoms with van der Waals surface area (Å²) in [4.78, 5) is 2.21. The summed E-state index contributed by atoms with van der Waals surface area (Å²) in [6, 6.07) is 13.3. The highest BCUT2D eigenvalue weighted by Gasteiger charge is 2.25. The van der Waals surface area contributed by atoms with Gasteiger partial charge in [0.2, 0.25) is 0 Å². The summed E-state index contributed by atoms with van der Waals surface area (Å²) < 4.78 is 40.7. The molecule has 0 amide bonds. The van der Waals surface area contributed by atoms with Crippen molar-refractivity contribution in [2.24, 2.45) is 7.05 Å². The zero-order valence-electron chi connectivity index (χ0n) is 17.2. The van der Waals surface area contributed by atoms with Crippen LogP contribution in [0.4, 0.5) is 8.78 Å². The molecule has 0 saturated carbocycles. The zero-order chi connectivity index (χ0) is 21.8. The molecule has 0 N–H and O–H groups in total. The SMILES string of the molecule is Cn1nc([C@H]2CN(Cc3ccc(Cl)c(F)c3)CCO2)cc1CCOc1ccccc1F. The molecule has 5 nitrogen and oxygen atoms in total. The number of morpholine rings is 1. The van der Waals surface area contributed by atoms with Crippen molar-refractivity contribution < 1.29 is 18.3 Å². The van der Waals surface area contributed by atoms with Gasteiger partial charge in [0.1, 0.15) is 11.9 Å². The lowest BCUT2D eigenvalue weighted by molar-refractivity contribution is -0.0352. The molecule has 2 heterocycles. The summed E-state index contributed by atoms with van der Waals surface area (Å²) in [5.74, 6) is -0.532. The molecule has 164 valence electrons. The Morgan fingerprint density at radius 3 is 2.81 bits per heavy atom. The highest BCUT2D eigenvalue weighted by Crippen LogP contribution is 2.24.